The fraction of sp³-hybridized carbons (Fsp3) is 0.700. The van der Waals surface area contributed by atoms with E-state index in [0.717, 1.165) is 37.7 Å². The third-order valence-electron chi connectivity index (χ3n) is 2.55. The summed E-state index contributed by atoms with van der Waals surface area (Å²) < 4.78 is 10.5. The molecule has 1 saturated heterocycles. The number of nitrogens with zero attached hydrogens (tertiary/aromatic N) is 2. The number of nitrogens with two attached hydrogens (primary N) is 1. The molecule has 1 aliphatic heterocycles. The number of aromatic nitrogens is 1. The van der Waals surface area contributed by atoms with Crippen LogP contribution in [-0.2, 0) is 11.3 Å². The summed E-state index contributed by atoms with van der Waals surface area (Å²) in [6.07, 6.45) is 0.159. The summed E-state index contributed by atoms with van der Waals surface area (Å²) in [7, 11) is 0. The van der Waals surface area contributed by atoms with E-state index < -0.39 is 0 Å². The Balaban J connectivity index is 0.00000128. The molecular weight excluding hydrogens is 230 g/mol. The van der Waals surface area contributed by atoms with Crippen LogP contribution in [0, 0.1) is 6.92 Å². The van der Waals surface area contributed by atoms with Gasteiger partial charge in [-0.15, -0.1) is 12.4 Å². The van der Waals surface area contributed by atoms with Crippen molar-refractivity contribution in [3.63, 3.8) is 0 Å². The molecule has 0 aromatic carbocycles. The summed E-state index contributed by atoms with van der Waals surface area (Å²) in [6, 6.07) is 1.97. The minimum Gasteiger partial charge on any atom is -0.374 e. The molecular formula is C10H18ClN3O2. The van der Waals surface area contributed by atoms with Gasteiger partial charge in [0.2, 0.25) is 0 Å². The molecule has 1 unspecified atom stereocenters. The van der Waals surface area contributed by atoms with Crippen molar-refractivity contribution in [2.24, 2.45) is 5.73 Å². The zero-order valence-corrected chi connectivity index (χ0v) is 10.2. The predicted octanol–water partition coefficient (Wildman–Crippen LogP) is 0.564. The zero-order chi connectivity index (χ0) is 10.7. The molecule has 1 aromatic rings. The van der Waals surface area contributed by atoms with Gasteiger partial charge in [0.1, 0.15) is 5.76 Å². The number of halogens is 1. The van der Waals surface area contributed by atoms with Gasteiger partial charge in [0.25, 0.3) is 0 Å². The van der Waals surface area contributed by atoms with Crippen LogP contribution in [0.5, 0.6) is 0 Å². The number of hydrogen-bond donors (Lipinski definition) is 1. The summed E-state index contributed by atoms with van der Waals surface area (Å²) >= 11 is 0. The van der Waals surface area contributed by atoms with Crippen LogP contribution in [0.3, 0.4) is 0 Å². The van der Waals surface area contributed by atoms with E-state index in [1.165, 1.54) is 0 Å². The third-order valence-corrected chi connectivity index (χ3v) is 2.55. The third kappa shape index (κ3) is 3.45. The van der Waals surface area contributed by atoms with Gasteiger partial charge >= 0.3 is 0 Å². The fourth-order valence-corrected chi connectivity index (χ4v) is 1.79. The summed E-state index contributed by atoms with van der Waals surface area (Å²) in [5, 5.41) is 3.97. The highest BCUT2D eigenvalue weighted by molar-refractivity contribution is 5.85. The lowest BCUT2D eigenvalue weighted by molar-refractivity contribution is -0.0266. The molecule has 0 radical (unpaired) electrons. The number of aryl methyl sites for hydroxylation is 1. The molecule has 0 amide bonds. The van der Waals surface area contributed by atoms with Gasteiger partial charge in [0, 0.05) is 32.2 Å². The van der Waals surface area contributed by atoms with E-state index in [1.807, 2.05) is 13.0 Å². The predicted molar refractivity (Wildman–Crippen MR) is 62.6 cm³/mol. The Hall–Kier alpha value is -0.620. The van der Waals surface area contributed by atoms with Crippen LogP contribution in [0.1, 0.15) is 11.5 Å². The maximum absolute atomic E-state index is 5.58. The van der Waals surface area contributed by atoms with Gasteiger partial charge in [-0.3, -0.25) is 4.90 Å². The van der Waals surface area contributed by atoms with Crippen molar-refractivity contribution in [2.45, 2.75) is 19.6 Å². The second-order valence-electron chi connectivity index (χ2n) is 3.89. The summed E-state index contributed by atoms with van der Waals surface area (Å²) in [6.45, 7) is 5.85. The van der Waals surface area contributed by atoms with E-state index in [4.69, 9.17) is 15.0 Å². The Morgan fingerprint density at radius 1 is 1.62 bits per heavy atom. The first kappa shape index (κ1) is 13.4. The molecule has 1 aromatic heterocycles. The SMILES string of the molecule is Cc1cc(CN2CCOC(CN)C2)no1.Cl. The molecule has 5 nitrogen and oxygen atoms in total. The maximum Gasteiger partial charge on any atom is 0.133 e. The van der Waals surface area contributed by atoms with E-state index in [1.54, 1.807) is 0 Å². The molecule has 6 heteroatoms. The number of ether oxygens (including phenoxy) is 1. The first-order chi connectivity index (χ1) is 7.28. The Morgan fingerprint density at radius 3 is 3.06 bits per heavy atom. The normalized spacial score (nSPS) is 21.8. The van der Waals surface area contributed by atoms with Crippen molar-refractivity contribution < 1.29 is 9.26 Å². The Morgan fingerprint density at radius 2 is 2.44 bits per heavy atom. The van der Waals surface area contributed by atoms with Crippen molar-refractivity contribution in [1.82, 2.24) is 10.1 Å². The Kier molecular flexibility index (Phi) is 5.21. The Labute approximate surface area is 101 Å². The molecule has 0 bridgehead atoms. The number of rotatable bonds is 3. The van der Waals surface area contributed by atoms with Crippen LogP contribution in [0.15, 0.2) is 10.6 Å². The molecule has 0 spiro atoms. The van der Waals surface area contributed by atoms with E-state index in [9.17, 15) is 0 Å². The van der Waals surface area contributed by atoms with Crippen LogP contribution in [0.2, 0.25) is 0 Å². The fourth-order valence-electron chi connectivity index (χ4n) is 1.79. The second kappa shape index (κ2) is 6.20. The van der Waals surface area contributed by atoms with E-state index in [0.29, 0.717) is 6.54 Å². The van der Waals surface area contributed by atoms with Crippen LogP contribution < -0.4 is 5.73 Å². The van der Waals surface area contributed by atoms with Gasteiger partial charge in [-0.2, -0.15) is 0 Å². The Bertz CT molecular complexity index is 319. The van der Waals surface area contributed by atoms with Crippen LogP contribution >= 0.6 is 12.4 Å². The highest BCUT2D eigenvalue weighted by atomic mass is 35.5. The van der Waals surface area contributed by atoms with Crippen molar-refractivity contribution in [2.75, 3.05) is 26.2 Å². The molecule has 1 atom stereocenters. The number of morpholine rings is 1. The van der Waals surface area contributed by atoms with E-state index in [-0.39, 0.29) is 18.5 Å². The van der Waals surface area contributed by atoms with Crippen LogP contribution in [0.25, 0.3) is 0 Å². The lowest BCUT2D eigenvalue weighted by Gasteiger charge is -2.31. The van der Waals surface area contributed by atoms with Crippen molar-refractivity contribution >= 4 is 12.4 Å². The molecule has 0 saturated carbocycles. The first-order valence-electron chi connectivity index (χ1n) is 5.24. The first-order valence-corrected chi connectivity index (χ1v) is 5.24. The lowest BCUT2D eigenvalue weighted by Crippen LogP contribution is -2.45. The molecule has 92 valence electrons. The van der Waals surface area contributed by atoms with Gasteiger partial charge in [0.05, 0.1) is 18.4 Å². The molecule has 16 heavy (non-hydrogen) atoms. The van der Waals surface area contributed by atoms with Gasteiger partial charge in [-0.05, 0) is 6.92 Å². The standard InChI is InChI=1S/C10H17N3O2.ClH/c1-8-4-9(12-15-8)6-13-2-3-14-10(5-11)7-13;/h4,10H,2-3,5-7,11H2,1H3;1H. The second-order valence-corrected chi connectivity index (χ2v) is 3.89. The average molecular weight is 248 g/mol. The van der Waals surface area contributed by atoms with Crippen LogP contribution in [0.4, 0.5) is 0 Å². The maximum atomic E-state index is 5.58. The zero-order valence-electron chi connectivity index (χ0n) is 9.39. The smallest absolute Gasteiger partial charge is 0.133 e. The monoisotopic (exact) mass is 247 g/mol. The molecule has 2 heterocycles. The van der Waals surface area contributed by atoms with Crippen molar-refractivity contribution in [1.29, 1.82) is 0 Å². The molecule has 0 aliphatic carbocycles. The lowest BCUT2D eigenvalue weighted by atomic mass is 10.2. The van der Waals surface area contributed by atoms with E-state index in [2.05, 4.69) is 10.1 Å². The summed E-state index contributed by atoms with van der Waals surface area (Å²) in [5.41, 5.74) is 6.55. The average Bonchev–Trinajstić information content (AvgIpc) is 2.64. The number of hydrogen-bond acceptors (Lipinski definition) is 5. The summed E-state index contributed by atoms with van der Waals surface area (Å²) in [4.78, 5) is 2.29. The van der Waals surface area contributed by atoms with Crippen molar-refractivity contribution in [3.8, 4) is 0 Å². The van der Waals surface area contributed by atoms with Gasteiger partial charge in [-0.1, -0.05) is 5.16 Å². The molecule has 1 fully saturated rings. The minimum atomic E-state index is 0. The quantitative estimate of drug-likeness (QED) is 0.846. The molecule has 1 aliphatic rings. The van der Waals surface area contributed by atoms with Crippen molar-refractivity contribution in [3.05, 3.63) is 17.5 Å². The van der Waals surface area contributed by atoms with Gasteiger partial charge in [0.15, 0.2) is 0 Å². The van der Waals surface area contributed by atoms with Gasteiger partial charge < -0.3 is 15.0 Å². The van der Waals surface area contributed by atoms with Crippen LogP contribution in [-0.4, -0.2) is 42.4 Å². The largest absolute Gasteiger partial charge is 0.374 e. The highest BCUT2D eigenvalue weighted by Gasteiger charge is 2.19. The minimum absolute atomic E-state index is 0. The van der Waals surface area contributed by atoms with E-state index >= 15 is 0 Å². The molecule has 2 N–H and O–H groups in total. The highest BCUT2D eigenvalue weighted by Crippen LogP contribution is 2.10. The summed E-state index contributed by atoms with van der Waals surface area (Å²) in [5.74, 6) is 0.855. The topological polar surface area (TPSA) is 64.5 Å². The molecule has 2 rings (SSSR count). The van der Waals surface area contributed by atoms with Gasteiger partial charge in [-0.25, -0.2) is 0 Å².